The predicted molar refractivity (Wildman–Crippen MR) is 69.7 cm³/mol. The highest BCUT2D eigenvalue weighted by molar-refractivity contribution is 5.46. The number of hydrogen-bond donors (Lipinski definition) is 1. The molecule has 3 rings (SSSR count). The maximum absolute atomic E-state index is 13.1. The van der Waals surface area contributed by atoms with Crippen molar-refractivity contribution in [3.63, 3.8) is 0 Å². The van der Waals surface area contributed by atoms with Crippen LogP contribution < -0.4 is 5.73 Å². The van der Waals surface area contributed by atoms with Crippen molar-refractivity contribution in [3.05, 3.63) is 41.6 Å². The van der Waals surface area contributed by atoms with E-state index in [4.69, 9.17) is 5.73 Å². The van der Waals surface area contributed by atoms with Crippen LogP contribution in [0.1, 0.15) is 24.1 Å². The number of hydrogen-bond acceptors (Lipinski definition) is 2. The fourth-order valence-electron chi connectivity index (χ4n) is 2.33. The molecule has 0 atom stereocenters. The molecule has 1 aromatic heterocycles. The Kier molecular flexibility index (Phi) is 2.61. The number of nitrogens with zero attached hydrogens (tertiary/aromatic N) is 2. The first-order chi connectivity index (χ1) is 9.33. The molecular formula is C14H14F3N3. The van der Waals surface area contributed by atoms with Crippen molar-refractivity contribution in [3.8, 4) is 5.69 Å². The highest BCUT2D eigenvalue weighted by atomic mass is 19.4. The van der Waals surface area contributed by atoms with Gasteiger partial charge in [0.2, 0.25) is 0 Å². The number of aryl methyl sites for hydroxylation is 1. The summed E-state index contributed by atoms with van der Waals surface area (Å²) in [5.41, 5.74) is 5.76. The van der Waals surface area contributed by atoms with E-state index < -0.39 is 11.6 Å². The van der Waals surface area contributed by atoms with Gasteiger partial charge >= 0.3 is 6.18 Å². The van der Waals surface area contributed by atoms with Gasteiger partial charge in [-0.05, 0) is 31.9 Å². The normalized spacial score (nSPS) is 17.2. The summed E-state index contributed by atoms with van der Waals surface area (Å²) in [6.07, 6.45) is -4.10. The van der Waals surface area contributed by atoms with Crippen molar-refractivity contribution >= 4 is 5.82 Å². The van der Waals surface area contributed by atoms with Crippen molar-refractivity contribution in [2.24, 2.45) is 0 Å². The van der Waals surface area contributed by atoms with Crippen LogP contribution in [0.15, 0.2) is 30.3 Å². The third-order valence-corrected chi connectivity index (χ3v) is 3.80. The summed E-state index contributed by atoms with van der Waals surface area (Å²) >= 11 is 0. The zero-order chi connectivity index (χ0) is 14.5. The highest BCUT2D eigenvalue weighted by Gasteiger charge is 2.65. The van der Waals surface area contributed by atoms with Gasteiger partial charge in [-0.15, -0.1) is 0 Å². The van der Waals surface area contributed by atoms with Crippen LogP contribution >= 0.6 is 0 Å². The van der Waals surface area contributed by atoms with Crippen molar-refractivity contribution in [2.45, 2.75) is 31.4 Å². The standard InChI is InChI=1S/C14H14F3N3/c1-9-2-4-10(5-3-9)20-12(18)8-11(19-20)13(6-7-13)14(15,16)17/h2-5,8H,6-7,18H2,1H3. The zero-order valence-corrected chi connectivity index (χ0v) is 10.9. The number of alkyl halides is 3. The Morgan fingerprint density at radius 3 is 2.30 bits per heavy atom. The Bertz CT molecular complexity index is 637. The second-order valence-electron chi connectivity index (χ2n) is 5.28. The Hall–Kier alpha value is -1.98. The first-order valence-corrected chi connectivity index (χ1v) is 6.33. The van der Waals surface area contributed by atoms with Crippen LogP contribution in [0.25, 0.3) is 5.69 Å². The molecule has 0 amide bonds. The number of anilines is 1. The van der Waals surface area contributed by atoms with Crippen molar-refractivity contribution in [1.29, 1.82) is 0 Å². The van der Waals surface area contributed by atoms with Crippen molar-refractivity contribution < 1.29 is 13.2 Å². The van der Waals surface area contributed by atoms with Crippen LogP contribution in [0.2, 0.25) is 0 Å². The predicted octanol–water partition coefficient (Wildman–Crippen LogP) is 3.36. The molecule has 0 saturated heterocycles. The minimum absolute atomic E-state index is 0.0167. The second-order valence-corrected chi connectivity index (χ2v) is 5.28. The van der Waals surface area contributed by atoms with Crippen LogP contribution in [0.4, 0.5) is 19.0 Å². The molecule has 1 saturated carbocycles. The lowest BCUT2D eigenvalue weighted by molar-refractivity contribution is -0.161. The smallest absolute Gasteiger partial charge is 0.384 e. The van der Waals surface area contributed by atoms with Gasteiger partial charge in [0.05, 0.1) is 11.4 Å². The van der Waals surface area contributed by atoms with Crippen LogP contribution in [0.5, 0.6) is 0 Å². The van der Waals surface area contributed by atoms with E-state index in [9.17, 15) is 13.2 Å². The van der Waals surface area contributed by atoms with Gasteiger partial charge in [-0.2, -0.15) is 18.3 Å². The first kappa shape index (κ1) is 13.0. The molecule has 106 valence electrons. The van der Waals surface area contributed by atoms with E-state index in [0.717, 1.165) is 5.56 Å². The molecule has 1 aliphatic carbocycles. The molecule has 2 aromatic rings. The molecule has 20 heavy (non-hydrogen) atoms. The van der Waals surface area contributed by atoms with Crippen LogP contribution in [0.3, 0.4) is 0 Å². The van der Waals surface area contributed by atoms with E-state index in [1.807, 2.05) is 19.1 Å². The van der Waals surface area contributed by atoms with E-state index in [2.05, 4.69) is 5.10 Å². The molecule has 0 aliphatic heterocycles. The summed E-state index contributed by atoms with van der Waals surface area (Å²) in [4.78, 5) is 0. The summed E-state index contributed by atoms with van der Waals surface area (Å²) in [7, 11) is 0. The average molecular weight is 281 g/mol. The number of aromatic nitrogens is 2. The van der Waals surface area contributed by atoms with E-state index in [1.165, 1.54) is 10.7 Å². The van der Waals surface area contributed by atoms with Gasteiger partial charge in [-0.1, -0.05) is 17.7 Å². The van der Waals surface area contributed by atoms with Gasteiger partial charge in [-0.25, -0.2) is 4.68 Å². The van der Waals surface area contributed by atoms with E-state index in [1.54, 1.807) is 12.1 Å². The fraction of sp³-hybridized carbons (Fsp3) is 0.357. The maximum atomic E-state index is 13.1. The Morgan fingerprint density at radius 1 is 1.20 bits per heavy atom. The van der Waals surface area contributed by atoms with Crippen molar-refractivity contribution in [1.82, 2.24) is 9.78 Å². The SMILES string of the molecule is Cc1ccc(-n2nc(C3(C(F)(F)F)CC3)cc2N)cc1. The maximum Gasteiger partial charge on any atom is 0.400 e. The van der Waals surface area contributed by atoms with E-state index >= 15 is 0 Å². The molecular weight excluding hydrogens is 267 g/mol. The minimum Gasteiger partial charge on any atom is -0.384 e. The van der Waals surface area contributed by atoms with Gasteiger partial charge in [0.15, 0.2) is 0 Å². The van der Waals surface area contributed by atoms with Gasteiger partial charge in [0.25, 0.3) is 0 Å². The minimum atomic E-state index is -4.27. The third kappa shape index (κ3) is 1.87. The molecule has 1 aliphatic rings. The molecule has 3 nitrogen and oxygen atoms in total. The largest absolute Gasteiger partial charge is 0.400 e. The number of rotatable bonds is 2. The van der Waals surface area contributed by atoms with Gasteiger partial charge in [0, 0.05) is 6.07 Å². The monoisotopic (exact) mass is 281 g/mol. The third-order valence-electron chi connectivity index (χ3n) is 3.80. The number of nitrogen functional groups attached to an aromatic ring is 1. The average Bonchev–Trinajstić information content (AvgIpc) is 3.10. The van der Waals surface area contributed by atoms with Crippen molar-refractivity contribution in [2.75, 3.05) is 5.73 Å². The van der Waals surface area contributed by atoms with Gasteiger partial charge < -0.3 is 5.73 Å². The van der Waals surface area contributed by atoms with E-state index in [-0.39, 0.29) is 24.4 Å². The summed E-state index contributed by atoms with van der Waals surface area (Å²) in [5.74, 6) is 0.222. The topological polar surface area (TPSA) is 43.8 Å². The first-order valence-electron chi connectivity index (χ1n) is 6.33. The molecule has 0 unspecified atom stereocenters. The zero-order valence-electron chi connectivity index (χ0n) is 10.9. The Balaban J connectivity index is 2.02. The van der Waals surface area contributed by atoms with E-state index in [0.29, 0.717) is 5.69 Å². The molecule has 1 aromatic carbocycles. The molecule has 0 bridgehead atoms. The molecule has 1 heterocycles. The molecule has 0 spiro atoms. The van der Waals surface area contributed by atoms with Gasteiger partial charge in [-0.3, -0.25) is 0 Å². The van der Waals surface area contributed by atoms with Crippen LogP contribution in [-0.4, -0.2) is 16.0 Å². The summed E-state index contributed by atoms with van der Waals surface area (Å²) in [6.45, 7) is 1.94. The Labute approximate surface area is 114 Å². The molecule has 2 N–H and O–H groups in total. The lowest BCUT2D eigenvalue weighted by Gasteiger charge is -2.16. The highest BCUT2D eigenvalue weighted by Crippen LogP contribution is 2.58. The number of halogens is 3. The fourth-order valence-corrected chi connectivity index (χ4v) is 2.33. The lowest BCUT2D eigenvalue weighted by Crippen LogP contribution is -2.29. The Morgan fingerprint density at radius 2 is 1.80 bits per heavy atom. The summed E-state index contributed by atoms with van der Waals surface area (Å²) < 4.78 is 40.6. The quantitative estimate of drug-likeness (QED) is 0.917. The molecule has 6 heteroatoms. The number of benzene rings is 1. The van der Waals surface area contributed by atoms with Crippen LogP contribution in [-0.2, 0) is 5.41 Å². The number of nitrogens with two attached hydrogens (primary N) is 1. The summed E-state index contributed by atoms with van der Waals surface area (Å²) in [5, 5.41) is 4.08. The van der Waals surface area contributed by atoms with Crippen LogP contribution in [0, 0.1) is 6.92 Å². The summed E-state index contributed by atoms with van der Waals surface area (Å²) in [6, 6.07) is 8.64. The molecule has 0 radical (unpaired) electrons. The second kappa shape index (κ2) is 4.01. The van der Waals surface area contributed by atoms with Gasteiger partial charge in [0.1, 0.15) is 11.2 Å². The lowest BCUT2D eigenvalue weighted by atomic mass is 10.0. The molecule has 1 fully saturated rings.